The van der Waals surface area contributed by atoms with Gasteiger partial charge in [-0.3, -0.25) is 0 Å². The molecule has 1 aliphatic carbocycles. The lowest BCUT2D eigenvalue weighted by molar-refractivity contribution is 0.0211. The zero-order valence-corrected chi connectivity index (χ0v) is 13.5. The lowest BCUT2D eigenvalue weighted by atomic mass is 9.52. The Morgan fingerprint density at radius 2 is 1.89 bits per heavy atom. The highest BCUT2D eigenvalue weighted by molar-refractivity contribution is 6.33. The summed E-state index contributed by atoms with van der Waals surface area (Å²) in [5.74, 6) is 0.526. The molecule has 2 atom stereocenters. The Labute approximate surface area is 126 Å². The molecule has 0 amide bonds. The molecule has 1 saturated carbocycles. The molecule has 0 aromatic heterocycles. The summed E-state index contributed by atoms with van der Waals surface area (Å²) in [7, 11) is 0. The van der Waals surface area contributed by atoms with Gasteiger partial charge in [0.1, 0.15) is 0 Å². The molecular formula is C16H23Cl2N. The highest BCUT2D eigenvalue weighted by Crippen LogP contribution is 2.58. The molecule has 0 spiro atoms. The van der Waals surface area contributed by atoms with E-state index in [0.717, 1.165) is 23.0 Å². The van der Waals surface area contributed by atoms with Crippen LogP contribution in [-0.4, -0.2) is 12.6 Å². The van der Waals surface area contributed by atoms with Gasteiger partial charge in [0.2, 0.25) is 0 Å². The molecule has 0 aliphatic heterocycles. The fourth-order valence-corrected chi connectivity index (χ4v) is 4.20. The molecule has 1 aliphatic rings. The maximum absolute atomic E-state index is 6.39. The van der Waals surface area contributed by atoms with Gasteiger partial charge in [0.25, 0.3) is 0 Å². The predicted molar refractivity (Wildman–Crippen MR) is 84.3 cm³/mol. The van der Waals surface area contributed by atoms with E-state index in [2.05, 4.69) is 32.2 Å². The summed E-state index contributed by atoms with van der Waals surface area (Å²) in [6, 6.07) is 6.45. The molecule has 1 nitrogen and oxygen atoms in total. The molecule has 1 aromatic carbocycles. The van der Waals surface area contributed by atoms with Gasteiger partial charge in [0, 0.05) is 16.1 Å². The summed E-state index contributed by atoms with van der Waals surface area (Å²) in [5, 5.41) is 5.27. The third kappa shape index (κ3) is 2.53. The number of hydrogen-bond donors (Lipinski definition) is 1. The van der Waals surface area contributed by atoms with Gasteiger partial charge in [-0.15, -0.1) is 0 Å². The molecule has 2 unspecified atom stereocenters. The predicted octanol–water partition coefficient (Wildman–Crippen LogP) is 5.27. The Morgan fingerprint density at radius 1 is 1.21 bits per heavy atom. The minimum atomic E-state index is 0.324. The zero-order valence-electron chi connectivity index (χ0n) is 12.0. The molecule has 0 radical (unpaired) electrons. The van der Waals surface area contributed by atoms with Gasteiger partial charge in [-0.1, -0.05) is 44.0 Å². The molecule has 19 heavy (non-hydrogen) atoms. The highest BCUT2D eigenvalue weighted by atomic mass is 35.5. The van der Waals surface area contributed by atoms with E-state index in [0.29, 0.717) is 17.4 Å². The van der Waals surface area contributed by atoms with Crippen LogP contribution in [0, 0.1) is 5.41 Å². The van der Waals surface area contributed by atoms with Crippen LogP contribution in [0.1, 0.15) is 51.5 Å². The van der Waals surface area contributed by atoms with Crippen LogP contribution in [0.4, 0.5) is 0 Å². The summed E-state index contributed by atoms with van der Waals surface area (Å²) in [5.41, 5.74) is 1.55. The van der Waals surface area contributed by atoms with Crippen LogP contribution in [0.5, 0.6) is 0 Å². The Morgan fingerprint density at radius 3 is 2.47 bits per heavy atom. The standard InChI is InChI=1S/C16H23Cl2N/c1-4-16(5-2)13(10-15(16)19-6-3)12-9-11(17)7-8-14(12)18/h7-9,13,15,19H,4-6,10H2,1-3H3. The van der Waals surface area contributed by atoms with E-state index >= 15 is 0 Å². The molecule has 1 fully saturated rings. The Hall–Kier alpha value is -0.240. The SMILES string of the molecule is CCNC1CC(c2cc(Cl)ccc2Cl)C1(CC)CC. The van der Waals surface area contributed by atoms with Crippen LogP contribution in [0.15, 0.2) is 18.2 Å². The van der Waals surface area contributed by atoms with Crippen molar-refractivity contribution in [3.63, 3.8) is 0 Å². The maximum atomic E-state index is 6.39. The van der Waals surface area contributed by atoms with E-state index in [1.54, 1.807) is 0 Å². The van der Waals surface area contributed by atoms with Gasteiger partial charge in [-0.2, -0.15) is 0 Å². The molecule has 3 heteroatoms. The summed E-state index contributed by atoms with van der Waals surface area (Å²) >= 11 is 12.5. The molecule has 106 valence electrons. The van der Waals surface area contributed by atoms with Crippen molar-refractivity contribution < 1.29 is 0 Å². The van der Waals surface area contributed by atoms with Crippen LogP contribution in [0.25, 0.3) is 0 Å². The second kappa shape index (κ2) is 6.03. The average molecular weight is 300 g/mol. The van der Waals surface area contributed by atoms with E-state index in [1.165, 1.54) is 18.4 Å². The second-order valence-corrected chi connectivity index (χ2v) is 6.35. The summed E-state index contributed by atoms with van der Waals surface area (Å²) < 4.78 is 0. The van der Waals surface area contributed by atoms with E-state index in [4.69, 9.17) is 23.2 Å². The van der Waals surface area contributed by atoms with Crippen LogP contribution >= 0.6 is 23.2 Å². The average Bonchev–Trinajstić information content (AvgIpc) is 2.39. The fourth-order valence-electron chi connectivity index (χ4n) is 3.77. The number of nitrogens with one attached hydrogen (secondary N) is 1. The maximum Gasteiger partial charge on any atom is 0.0442 e. The largest absolute Gasteiger partial charge is 0.314 e. The van der Waals surface area contributed by atoms with E-state index in [1.807, 2.05) is 12.1 Å². The molecule has 0 bridgehead atoms. The van der Waals surface area contributed by atoms with Crippen molar-refractivity contribution in [1.82, 2.24) is 5.32 Å². The van der Waals surface area contributed by atoms with Crippen LogP contribution < -0.4 is 5.32 Å². The van der Waals surface area contributed by atoms with Crippen LogP contribution in [0.3, 0.4) is 0 Å². The Balaban J connectivity index is 2.32. The molecular weight excluding hydrogens is 277 g/mol. The number of rotatable bonds is 5. The van der Waals surface area contributed by atoms with Gasteiger partial charge >= 0.3 is 0 Å². The van der Waals surface area contributed by atoms with Crippen molar-refractivity contribution in [3.05, 3.63) is 33.8 Å². The minimum Gasteiger partial charge on any atom is -0.314 e. The van der Waals surface area contributed by atoms with E-state index in [-0.39, 0.29) is 0 Å². The Bertz CT molecular complexity index is 440. The zero-order chi connectivity index (χ0) is 14.0. The summed E-state index contributed by atoms with van der Waals surface area (Å²) in [4.78, 5) is 0. The normalized spacial score (nSPS) is 25.1. The van der Waals surface area contributed by atoms with Crippen molar-refractivity contribution in [2.24, 2.45) is 5.41 Å². The van der Waals surface area contributed by atoms with Crippen molar-refractivity contribution in [1.29, 1.82) is 0 Å². The fraction of sp³-hybridized carbons (Fsp3) is 0.625. The van der Waals surface area contributed by atoms with Crippen LogP contribution in [0.2, 0.25) is 10.0 Å². The molecule has 0 saturated heterocycles. The van der Waals surface area contributed by atoms with Crippen molar-refractivity contribution in [3.8, 4) is 0 Å². The van der Waals surface area contributed by atoms with E-state index < -0.39 is 0 Å². The van der Waals surface area contributed by atoms with Gasteiger partial charge in [-0.25, -0.2) is 0 Å². The Kier molecular flexibility index (Phi) is 4.81. The lowest BCUT2D eigenvalue weighted by Crippen LogP contribution is -2.58. The number of hydrogen-bond acceptors (Lipinski definition) is 1. The topological polar surface area (TPSA) is 12.0 Å². The lowest BCUT2D eigenvalue weighted by Gasteiger charge is -2.57. The molecule has 2 rings (SSSR count). The number of halogens is 2. The second-order valence-electron chi connectivity index (χ2n) is 5.50. The first-order chi connectivity index (χ1) is 9.08. The van der Waals surface area contributed by atoms with E-state index in [9.17, 15) is 0 Å². The smallest absolute Gasteiger partial charge is 0.0442 e. The van der Waals surface area contributed by atoms with Crippen molar-refractivity contribution in [2.75, 3.05) is 6.54 Å². The molecule has 0 heterocycles. The van der Waals surface area contributed by atoms with Gasteiger partial charge in [0.15, 0.2) is 0 Å². The van der Waals surface area contributed by atoms with Crippen molar-refractivity contribution >= 4 is 23.2 Å². The minimum absolute atomic E-state index is 0.324. The monoisotopic (exact) mass is 299 g/mol. The first-order valence-electron chi connectivity index (χ1n) is 7.27. The van der Waals surface area contributed by atoms with Gasteiger partial charge < -0.3 is 5.32 Å². The van der Waals surface area contributed by atoms with Gasteiger partial charge in [0.05, 0.1) is 0 Å². The highest BCUT2D eigenvalue weighted by Gasteiger charge is 2.52. The molecule has 1 N–H and O–H groups in total. The van der Waals surface area contributed by atoms with Crippen molar-refractivity contribution in [2.45, 2.75) is 52.0 Å². The summed E-state index contributed by atoms with van der Waals surface area (Å²) in [6.07, 6.45) is 3.51. The first kappa shape index (κ1) is 15.2. The quantitative estimate of drug-likeness (QED) is 0.781. The molecule has 1 aromatic rings. The third-order valence-corrected chi connectivity index (χ3v) is 5.54. The summed E-state index contributed by atoms with van der Waals surface area (Å²) in [6.45, 7) is 7.79. The third-order valence-electron chi connectivity index (χ3n) is 4.96. The van der Waals surface area contributed by atoms with Gasteiger partial charge in [-0.05, 0) is 60.9 Å². The first-order valence-corrected chi connectivity index (χ1v) is 8.03. The van der Waals surface area contributed by atoms with Crippen LogP contribution in [-0.2, 0) is 0 Å². The number of benzene rings is 1.